The highest BCUT2D eigenvalue weighted by Gasteiger charge is 1.92. The van der Waals surface area contributed by atoms with Crippen LogP contribution in [0.25, 0.3) is 0 Å². The highest BCUT2D eigenvalue weighted by atomic mass is 32.2. The molecule has 0 aliphatic heterocycles. The molecule has 0 aromatic carbocycles. The van der Waals surface area contributed by atoms with Gasteiger partial charge in [0.1, 0.15) is 11.5 Å². The van der Waals surface area contributed by atoms with E-state index in [0.29, 0.717) is 11.5 Å². The van der Waals surface area contributed by atoms with E-state index in [1.165, 1.54) is 11.8 Å². The monoisotopic (exact) mass is 486 g/mol. The molecule has 186 valence electrons. The summed E-state index contributed by atoms with van der Waals surface area (Å²) in [6, 6.07) is 0. The standard InChI is InChI=1S/C13H16O.C13H16S.C7H10/c2*1-6-7-8-12(4)14-13(5)10-9-11(2)3;1-4-5-6-7(2)3/h2*6-10H,1-2,4-5H2,3H3;4-6H,1-2H2,3H3/b2*8-7-,10-9-;6-5-. The lowest BCUT2D eigenvalue weighted by atomic mass is 10.3. The number of rotatable bonds is 14. The molecule has 1 nitrogen and oxygen atoms in total. The van der Waals surface area contributed by atoms with Crippen LogP contribution in [0.4, 0.5) is 0 Å². The van der Waals surface area contributed by atoms with Crippen molar-refractivity contribution in [3.05, 3.63) is 183 Å². The molecule has 0 saturated heterocycles. The maximum atomic E-state index is 5.25. The summed E-state index contributed by atoms with van der Waals surface area (Å²) in [6.07, 6.45) is 23.5. The molecular formula is C33H42OS. The van der Waals surface area contributed by atoms with E-state index in [4.69, 9.17) is 4.74 Å². The van der Waals surface area contributed by atoms with Gasteiger partial charge in [-0.15, -0.1) is 0 Å². The second-order valence-corrected chi connectivity index (χ2v) is 8.31. The van der Waals surface area contributed by atoms with Crippen LogP contribution >= 0.6 is 11.8 Å². The lowest BCUT2D eigenvalue weighted by Crippen LogP contribution is -1.84. The van der Waals surface area contributed by atoms with Gasteiger partial charge in [-0.2, -0.15) is 0 Å². The van der Waals surface area contributed by atoms with E-state index in [2.05, 4.69) is 65.8 Å². The molecule has 0 aromatic rings. The summed E-state index contributed by atoms with van der Waals surface area (Å²) >= 11 is 1.53. The Morgan fingerprint density at radius 3 is 1.29 bits per heavy atom. The molecule has 0 unspecified atom stereocenters. The van der Waals surface area contributed by atoms with Crippen LogP contribution < -0.4 is 0 Å². The Balaban J connectivity index is -0.000000465. The molecule has 0 radical (unpaired) electrons. The number of hydrogen-bond acceptors (Lipinski definition) is 2. The van der Waals surface area contributed by atoms with Gasteiger partial charge in [0.25, 0.3) is 0 Å². The predicted molar refractivity (Wildman–Crippen MR) is 166 cm³/mol. The average Bonchev–Trinajstić information content (AvgIpc) is 2.78. The Kier molecular flexibility index (Phi) is 25.5. The van der Waals surface area contributed by atoms with Gasteiger partial charge in [-0.25, -0.2) is 0 Å². The molecule has 0 heterocycles. The normalized spacial score (nSPS) is 10.3. The topological polar surface area (TPSA) is 9.23 Å². The maximum Gasteiger partial charge on any atom is 0.120 e. The largest absolute Gasteiger partial charge is 0.459 e. The SMILES string of the molecule is C=C/C=C\C(=C)C.C=C/C=C\C(=C)OC(=C)/C=C\C(=C)C.C=C/C=C\C(=C)SC(=C)/C=C\C(=C)C. The Bertz CT molecular complexity index is 876. The fourth-order valence-corrected chi connectivity index (χ4v) is 2.15. The van der Waals surface area contributed by atoms with E-state index in [0.717, 1.165) is 26.5 Å². The zero-order valence-electron chi connectivity index (χ0n) is 21.9. The van der Waals surface area contributed by atoms with Crippen molar-refractivity contribution in [2.75, 3.05) is 0 Å². The van der Waals surface area contributed by atoms with E-state index < -0.39 is 0 Å². The maximum absolute atomic E-state index is 5.25. The number of ether oxygens (including phenoxy) is 1. The zero-order chi connectivity index (χ0) is 27.6. The first-order chi connectivity index (χ1) is 16.4. The molecule has 0 saturated carbocycles. The van der Waals surface area contributed by atoms with E-state index in [1.54, 1.807) is 36.5 Å². The molecule has 0 aliphatic carbocycles. The van der Waals surface area contributed by atoms with Crippen molar-refractivity contribution < 1.29 is 4.74 Å². The van der Waals surface area contributed by atoms with Crippen LogP contribution in [0.5, 0.6) is 0 Å². The van der Waals surface area contributed by atoms with Crippen molar-refractivity contribution in [3.63, 3.8) is 0 Å². The van der Waals surface area contributed by atoms with E-state index in [1.807, 2.05) is 63.3 Å². The van der Waals surface area contributed by atoms with Crippen molar-refractivity contribution in [2.24, 2.45) is 0 Å². The summed E-state index contributed by atoms with van der Waals surface area (Å²) in [5.74, 6) is 1.06. The Labute approximate surface area is 219 Å². The van der Waals surface area contributed by atoms with Crippen LogP contribution in [-0.4, -0.2) is 0 Å². The van der Waals surface area contributed by atoms with Gasteiger partial charge in [0.15, 0.2) is 0 Å². The van der Waals surface area contributed by atoms with Crippen LogP contribution in [0, 0.1) is 0 Å². The summed E-state index contributed by atoms with van der Waals surface area (Å²) in [4.78, 5) is 1.90. The minimum Gasteiger partial charge on any atom is -0.459 e. The third-order valence-corrected chi connectivity index (χ3v) is 3.78. The molecular weight excluding hydrogens is 444 g/mol. The lowest BCUT2D eigenvalue weighted by Gasteiger charge is -2.03. The summed E-state index contributed by atoms with van der Waals surface area (Å²) < 4.78 is 5.25. The molecule has 0 amide bonds. The fraction of sp³-hybridized carbons (Fsp3) is 0.0909. The van der Waals surface area contributed by atoms with E-state index in [9.17, 15) is 0 Å². The fourth-order valence-electron chi connectivity index (χ4n) is 1.53. The van der Waals surface area contributed by atoms with Crippen molar-refractivity contribution >= 4 is 11.8 Å². The number of thioether (sulfide) groups is 1. The minimum absolute atomic E-state index is 0.529. The average molecular weight is 487 g/mol. The van der Waals surface area contributed by atoms with E-state index in [-0.39, 0.29) is 0 Å². The first-order valence-electron chi connectivity index (χ1n) is 10.7. The molecule has 0 fully saturated rings. The molecule has 0 aromatic heterocycles. The van der Waals surface area contributed by atoms with Gasteiger partial charge in [-0.3, -0.25) is 0 Å². The molecule has 0 N–H and O–H groups in total. The Hall–Kier alpha value is -3.75. The highest BCUT2D eigenvalue weighted by molar-refractivity contribution is 8.07. The summed E-state index contributed by atoms with van der Waals surface area (Å²) in [7, 11) is 0. The van der Waals surface area contributed by atoms with Crippen molar-refractivity contribution in [1.29, 1.82) is 0 Å². The second kappa shape index (κ2) is 24.9. The molecule has 0 atom stereocenters. The number of hydrogen-bond donors (Lipinski definition) is 0. The highest BCUT2D eigenvalue weighted by Crippen LogP contribution is 2.24. The molecule has 0 aliphatic rings. The lowest BCUT2D eigenvalue weighted by molar-refractivity contribution is 0.340. The van der Waals surface area contributed by atoms with E-state index >= 15 is 0 Å². The second-order valence-electron chi connectivity index (χ2n) is 7.06. The predicted octanol–water partition coefficient (Wildman–Crippen LogP) is 10.8. The summed E-state index contributed by atoms with van der Waals surface area (Å²) in [5.41, 5.74) is 3.01. The molecule has 2 heteroatoms. The first-order valence-corrected chi connectivity index (χ1v) is 11.5. The van der Waals surface area contributed by atoms with Gasteiger partial charge < -0.3 is 4.74 Å². The van der Waals surface area contributed by atoms with Crippen molar-refractivity contribution in [1.82, 2.24) is 0 Å². The van der Waals surface area contributed by atoms with Gasteiger partial charge >= 0.3 is 0 Å². The summed E-state index contributed by atoms with van der Waals surface area (Å²) in [5, 5.41) is 0. The third kappa shape index (κ3) is 35.0. The van der Waals surface area contributed by atoms with Crippen LogP contribution in [0.1, 0.15) is 20.8 Å². The van der Waals surface area contributed by atoms with Crippen LogP contribution in [0.2, 0.25) is 0 Å². The van der Waals surface area contributed by atoms with Gasteiger partial charge in [-0.05, 0) is 45.1 Å². The van der Waals surface area contributed by atoms with Gasteiger partial charge in [0.2, 0.25) is 0 Å². The third-order valence-electron chi connectivity index (χ3n) is 2.99. The summed E-state index contributed by atoms with van der Waals surface area (Å²) in [6.45, 7) is 42.7. The Morgan fingerprint density at radius 1 is 0.486 bits per heavy atom. The van der Waals surface area contributed by atoms with Gasteiger partial charge in [0.05, 0.1) is 0 Å². The Morgan fingerprint density at radius 2 is 0.857 bits per heavy atom. The van der Waals surface area contributed by atoms with Gasteiger partial charge in [-0.1, -0.05) is 149 Å². The molecule has 0 bridgehead atoms. The van der Waals surface area contributed by atoms with Crippen molar-refractivity contribution in [2.45, 2.75) is 20.8 Å². The van der Waals surface area contributed by atoms with Crippen LogP contribution in [0.3, 0.4) is 0 Å². The van der Waals surface area contributed by atoms with Crippen LogP contribution in [-0.2, 0) is 4.74 Å². The van der Waals surface area contributed by atoms with Crippen molar-refractivity contribution in [3.8, 4) is 0 Å². The molecule has 0 spiro atoms. The number of allylic oxidation sites excluding steroid dienone is 16. The van der Waals surface area contributed by atoms with Crippen LogP contribution in [0.15, 0.2) is 183 Å². The molecule has 0 rings (SSSR count). The smallest absolute Gasteiger partial charge is 0.120 e. The van der Waals surface area contributed by atoms with Gasteiger partial charge in [0, 0.05) is 9.81 Å². The molecule has 35 heavy (non-hydrogen) atoms. The minimum atomic E-state index is 0.529. The zero-order valence-corrected chi connectivity index (χ0v) is 22.7. The quantitative estimate of drug-likeness (QED) is 0.178. The first kappa shape index (κ1) is 35.8.